The van der Waals surface area contributed by atoms with E-state index in [4.69, 9.17) is 11.6 Å². The summed E-state index contributed by atoms with van der Waals surface area (Å²) in [5.41, 5.74) is 2.18. The first-order chi connectivity index (χ1) is 13.9. The van der Waals surface area contributed by atoms with Gasteiger partial charge in [0.15, 0.2) is 0 Å². The summed E-state index contributed by atoms with van der Waals surface area (Å²) >= 11 is 6.23. The number of benzene rings is 2. The monoisotopic (exact) mass is 432 g/mol. The van der Waals surface area contributed by atoms with Gasteiger partial charge in [-0.15, -0.1) is 0 Å². The summed E-state index contributed by atoms with van der Waals surface area (Å²) in [6, 6.07) is 13.0. The second-order valence-electron chi connectivity index (χ2n) is 7.88. The molecular formula is C22H25ClN2O3S. The number of hydrogen-bond acceptors (Lipinski definition) is 3. The Labute approximate surface area is 177 Å². The predicted molar refractivity (Wildman–Crippen MR) is 113 cm³/mol. The van der Waals surface area contributed by atoms with Crippen molar-refractivity contribution in [1.29, 1.82) is 0 Å². The minimum Gasteiger partial charge on any atom is -0.337 e. The van der Waals surface area contributed by atoms with Gasteiger partial charge in [-0.3, -0.25) is 4.79 Å². The van der Waals surface area contributed by atoms with Crippen LogP contribution in [0.5, 0.6) is 0 Å². The highest BCUT2D eigenvalue weighted by Gasteiger charge is 2.45. The maximum Gasteiger partial charge on any atom is 0.240 e. The molecule has 2 aromatic carbocycles. The topological polar surface area (TPSA) is 66.5 Å². The first-order valence-corrected chi connectivity index (χ1v) is 11.8. The lowest BCUT2D eigenvalue weighted by molar-refractivity contribution is -0.138. The van der Waals surface area contributed by atoms with E-state index >= 15 is 0 Å². The number of fused-ring (bicyclic) bond motifs is 1. The van der Waals surface area contributed by atoms with E-state index in [-0.39, 0.29) is 5.91 Å². The van der Waals surface area contributed by atoms with Crippen molar-refractivity contribution in [2.24, 2.45) is 0 Å². The predicted octanol–water partition coefficient (Wildman–Crippen LogP) is 3.64. The molecule has 1 aliphatic heterocycles. The van der Waals surface area contributed by atoms with Crippen molar-refractivity contribution in [3.63, 3.8) is 0 Å². The van der Waals surface area contributed by atoms with Crippen molar-refractivity contribution in [2.75, 3.05) is 13.6 Å². The van der Waals surface area contributed by atoms with Crippen molar-refractivity contribution in [3.8, 4) is 0 Å². The molecule has 7 heteroatoms. The first kappa shape index (κ1) is 20.4. The standard InChI is InChI=1S/C22H25ClN2O3S/c1-24-29(27,28)20-9-4-6-16-15-25(13-10-19(16)20)21(26)22(11-2-3-12-22)17-7-5-8-18(23)14-17/h4-9,14,24H,2-3,10-13,15H2,1H3. The minimum atomic E-state index is -3.52. The highest BCUT2D eigenvalue weighted by molar-refractivity contribution is 7.89. The lowest BCUT2D eigenvalue weighted by Crippen LogP contribution is -2.47. The van der Waals surface area contributed by atoms with E-state index < -0.39 is 15.4 Å². The van der Waals surface area contributed by atoms with Gasteiger partial charge in [-0.1, -0.05) is 48.7 Å². The largest absolute Gasteiger partial charge is 0.337 e. The molecule has 2 aliphatic rings. The normalized spacial score (nSPS) is 18.5. The Morgan fingerprint density at radius 1 is 1.14 bits per heavy atom. The molecule has 0 radical (unpaired) electrons. The van der Waals surface area contributed by atoms with E-state index in [1.165, 1.54) is 7.05 Å². The Hall–Kier alpha value is -1.89. The molecule has 1 aliphatic carbocycles. The molecule has 5 nitrogen and oxygen atoms in total. The highest BCUT2D eigenvalue weighted by Crippen LogP contribution is 2.44. The van der Waals surface area contributed by atoms with E-state index in [2.05, 4.69) is 4.72 Å². The molecule has 0 aromatic heterocycles. The fourth-order valence-electron chi connectivity index (χ4n) is 4.80. The van der Waals surface area contributed by atoms with Crippen molar-refractivity contribution in [3.05, 3.63) is 64.2 Å². The number of carbonyl (C=O) groups is 1. The number of halogens is 1. The Morgan fingerprint density at radius 3 is 2.55 bits per heavy atom. The summed E-state index contributed by atoms with van der Waals surface area (Å²) in [4.78, 5) is 15.9. The summed E-state index contributed by atoms with van der Waals surface area (Å²) in [6.45, 7) is 0.952. The van der Waals surface area contributed by atoms with Crippen LogP contribution in [0.2, 0.25) is 5.02 Å². The third-order valence-corrected chi connectivity index (χ3v) is 8.05. The molecule has 4 rings (SSSR count). The lowest BCUT2D eigenvalue weighted by atomic mass is 9.77. The van der Waals surface area contributed by atoms with E-state index in [0.29, 0.717) is 29.4 Å². The van der Waals surface area contributed by atoms with Gasteiger partial charge in [0.25, 0.3) is 0 Å². The fourth-order valence-corrected chi connectivity index (χ4v) is 6.03. The molecule has 0 bridgehead atoms. The van der Waals surface area contributed by atoms with Crippen LogP contribution in [0.3, 0.4) is 0 Å². The maximum absolute atomic E-state index is 13.7. The molecule has 1 fully saturated rings. The number of carbonyl (C=O) groups excluding carboxylic acids is 1. The smallest absolute Gasteiger partial charge is 0.240 e. The first-order valence-electron chi connectivity index (χ1n) is 9.97. The van der Waals surface area contributed by atoms with Crippen LogP contribution < -0.4 is 4.72 Å². The van der Waals surface area contributed by atoms with Crippen molar-refractivity contribution in [1.82, 2.24) is 9.62 Å². The zero-order valence-corrected chi connectivity index (χ0v) is 18.0. The molecule has 0 saturated heterocycles. The summed E-state index contributed by atoms with van der Waals surface area (Å²) < 4.78 is 27.1. The zero-order valence-electron chi connectivity index (χ0n) is 16.4. The number of nitrogens with one attached hydrogen (secondary N) is 1. The number of sulfonamides is 1. The number of rotatable bonds is 4. The van der Waals surface area contributed by atoms with Crippen LogP contribution in [0.15, 0.2) is 47.4 Å². The minimum absolute atomic E-state index is 0.129. The average Bonchev–Trinajstić information content (AvgIpc) is 3.23. The van der Waals surface area contributed by atoms with Crippen molar-refractivity contribution < 1.29 is 13.2 Å². The SMILES string of the molecule is CNS(=O)(=O)c1cccc2c1CCN(C(=O)C1(c3cccc(Cl)c3)CCCC1)C2. The van der Waals surface area contributed by atoms with Crippen LogP contribution >= 0.6 is 11.6 Å². The Bertz CT molecular complexity index is 1050. The molecule has 0 spiro atoms. The molecule has 1 saturated carbocycles. The van der Waals surface area contributed by atoms with E-state index in [9.17, 15) is 13.2 Å². The third-order valence-electron chi connectivity index (χ3n) is 6.31. The van der Waals surface area contributed by atoms with E-state index in [1.807, 2.05) is 35.2 Å². The Kier molecular flexibility index (Phi) is 5.44. The van der Waals surface area contributed by atoms with Crippen LogP contribution in [-0.2, 0) is 33.2 Å². The quantitative estimate of drug-likeness (QED) is 0.801. The third kappa shape index (κ3) is 3.58. The fraction of sp³-hybridized carbons (Fsp3) is 0.409. The van der Waals surface area contributed by atoms with Gasteiger partial charge in [-0.25, -0.2) is 13.1 Å². The molecule has 154 valence electrons. The molecule has 0 atom stereocenters. The van der Waals surface area contributed by atoms with Crippen molar-refractivity contribution in [2.45, 2.75) is 49.0 Å². The number of hydrogen-bond donors (Lipinski definition) is 1. The maximum atomic E-state index is 13.7. The van der Waals surface area contributed by atoms with Gasteiger partial charge in [0.1, 0.15) is 0 Å². The molecule has 1 amide bonds. The van der Waals surface area contributed by atoms with Crippen LogP contribution in [0.1, 0.15) is 42.4 Å². The molecular weight excluding hydrogens is 408 g/mol. The van der Waals surface area contributed by atoms with Crippen LogP contribution in [0.25, 0.3) is 0 Å². The van der Waals surface area contributed by atoms with Gasteiger partial charge in [0, 0.05) is 18.1 Å². The van der Waals surface area contributed by atoms with Gasteiger partial charge in [-0.2, -0.15) is 0 Å². The number of amides is 1. The molecule has 29 heavy (non-hydrogen) atoms. The average molecular weight is 433 g/mol. The van der Waals surface area contributed by atoms with E-state index in [0.717, 1.165) is 42.4 Å². The zero-order chi connectivity index (χ0) is 20.6. The molecule has 0 unspecified atom stereocenters. The van der Waals surface area contributed by atoms with E-state index in [1.54, 1.807) is 12.1 Å². The second-order valence-corrected chi connectivity index (χ2v) is 10.2. The van der Waals surface area contributed by atoms with Crippen LogP contribution in [-0.4, -0.2) is 32.8 Å². The number of nitrogens with zero attached hydrogens (tertiary/aromatic N) is 1. The van der Waals surface area contributed by atoms with Gasteiger partial charge in [0.05, 0.1) is 10.3 Å². The van der Waals surface area contributed by atoms with Crippen LogP contribution in [0.4, 0.5) is 0 Å². The van der Waals surface area contributed by atoms with Gasteiger partial charge < -0.3 is 4.90 Å². The van der Waals surface area contributed by atoms with Crippen LogP contribution in [0, 0.1) is 0 Å². The molecule has 2 aromatic rings. The van der Waals surface area contributed by atoms with Gasteiger partial charge in [0.2, 0.25) is 15.9 Å². The van der Waals surface area contributed by atoms with Gasteiger partial charge in [-0.05, 0) is 61.2 Å². The summed E-state index contributed by atoms with van der Waals surface area (Å²) in [6.07, 6.45) is 4.22. The van der Waals surface area contributed by atoms with Gasteiger partial charge >= 0.3 is 0 Å². The second kappa shape index (κ2) is 7.74. The Morgan fingerprint density at radius 2 is 1.86 bits per heavy atom. The molecule has 1 heterocycles. The highest BCUT2D eigenvalue weighted by atomic mass is 35.5. The van der Waals surface area contributed by atoms with Crippen molar-refractivity contribution >= 4 is 27.5 Å². The molecule has 1 N–H and O–H groups in total. The summed E-state index contributed by atoms with van der Waals surface area (Å²) in [5, 5.41) is 0.646. The summed E-state index contributed by atoms with van der Waals surface area (Å²) in [5.74, 6) is 0.129. The summed E-state index contributed by atoms with van der Waals surface area (Å²) in [7, 11) is -2.10. The lowest BCUT2D eigenvalue weighted by Gasteiger charge is -2.38. The Balaban J connectivity index is 1.67.